The second kappa shape index (κ2) is 7.40. The number of amides is 2. The first-order chi connectivity index (χ1) is 10.5. The molecule has 114 valence electrons. The van der Waals surface area contributed by atoms with Crippen LogP contribution in [0.3, 0.4) is 0 Å². The number of aromatic nitrogens is 1. The normalized spacial score (nSPS) is 10.7. The van der Waals surface area contributed by atoms with Crippen LogP contribution >= 0.6 is 34.5 Å². The fourth-order valence-corrected chi connectivity index (χ4v) is 2.47. The van der Waals surface area contributed by atoms with Crippen LogP contribution < -0.4 is 10.9 Å². The molecule has 0 aliphatic rings. The number of aryl methyl sites for hydroxylation is 1. The number of carbonyl (C=O) groups excluding carboxylic acids is 2. The highest BCUT2D eigenvalue weighted by atomic mass is 35.5. The van der Waals surface area contributed by atoms with E-state index in [1.807, 2.05) is 12.3 Å². The van der Waals surface area contributed by atoms with Crippen LogP contribution in [0.25, 0.3) is 6.08 Å². The first-order valence-electron chi connectivity index (χ1n) is 6.11. The summed E-state index contributed by atoms with van der Waals surface area (Å²) in [6.07, 6.45) is 2.83. The lowest BCUT2D eigenvalue weighted by molar-refractivity contribution is -0.117. The van der Waals surface area contributed by atoms with Crippen LogP contribution in [0.15, 0.2) is 29.7 Å². The van der Waals surface area contributed by atoms with Crippen molar-refractivity contribution in [2.75, 3.05) is 0 Å². The van der Waals surface area contributed by atoms with E-state index in [2.05, 4.69) is 15.8 Å². The van der Waals surface area contributed by atoms with Crippen molar-refractivity contribution in [1.29, 1.82) is 0 Å². The van der Waals surface area contributed by atoms with E-state index >= 15 is 0 Å². The number of nitrogens with one attached hydrogen (secondary N) is 2. The van der Waals surface area contributed by atoms with E-state index in [1.165, 1.54) is 29.5 Å². The Morgan fingerprint density at radius 1 is 1.27 bits per heavy atom. The van der Waals surface area contributed by atoms with Crippen molar-refractivity contribution in [2.24, 2.45) is 0 Å². The first kappa shape index (κ1) is 16.5. The Morgan fingerprint density at radius 2 is 2.05 bits per heavy atom. The van der Waals surface area contributed by atoms with Gasteiger partial charge in [-0.25, -0.2) is 4.98 Å². The van der Waals surface area contributed by atoms with Gasteiger partial charge in [-0.1, -0.05) is 23.2 Å². The Kier molecular flexibility index (Phi) is 5.54. The summed E-state index contributed by atoms with van der Waals surface area (Å²) in [6.45, 7) is 1.87. The van der Waals surface area contributed by atoms with Gasteiger partial charge in [0.15, 0.2) is 0 Å². The molecule has 5 nitrogen and oxygen atoms in total. The number of hydrogen-bond acceptors (Lipinski definition) is 4. The maximum atomic E-state index is 11.9. The highest BCUT2D eigenvalue weighted by molar-refractivity contribution is 7.09. The van der Waals surface area contributed by atoms with Gasteiger partial charge in [0.2, 0.25) is 0 Å². The molecule has 0 bridgehead atoms. The topological polar surface area (TPSA) is 71.1 Å². The lowest BCUT2D eigenvalue weighted by Crippen LogP contribution is -2.40. The standard InChI is InChI=1S/C14H11Cl2N3O2S/c1-8-17-10(7-22-8)3-5-13(20)18-19-14(21)11-6-9(15)2-4-12(11)16/h2-7H,1H3,(H,18,20)(H,19,21)/b5-3+. The van der Waals surface area contributed by atoms with Crippen LogP contribution in [0, 0.1) is 6.92 Å². The van der Waals surface area contributed by atoms with Gasteiger partial charge in [0, 0.05) is 16.5 Å². The molecule has 0 spiro atoms. The molecule has 0 saturated heterocycles. The van der Waals surface area contributed by atoms with Crippen LogP contribution in [-0.2, 0) is 4.79 Å². The van der Waals surface area contributed by atoms with Gasteiger partial charge in [-0.05, 0) is 31.2 Å². The summed E-state index contributed by atoms with van der Waals surface area (Å²) in [5.41, 5.74) is 5.37. The number of carbonyl (C=O) groups is 2. The zero-order valence-corrected chi connectivity index (χ0v) is 13.7. The zero-order valence-electron chi connectivity index (χ0n) is 11.4. The Morgan fingerprint density at radius 3 is 2.73 bits per heavy atom. The SMILES string of the molecule is Cc1nc(/C=C/C(=O)NNC(=O)c2cc(Cl)ccc2Cl)cs1. The van der Waals surface area contributed by atoms with Crippen LogP contribution in [0.4, 0.5) is 0 Å². The summed E-state index contributed by atoms with van der Waals surface area (Å²) in [4.78, 5) is 27.7. The molecule has 0 radical (unpaired) electrons. The first-order valence-corrected chi connectivity index (χ1v) is 7.75. The predicted octanol–water partition coefficient (Wildman–Crippen LogP) is 3.23. The van der Waals surface area contributed by atoms with E-state index < -0.39 is 11.8 Å². The van der Waals surface area contributed by atoms with Crippen molar-refractivity contribution < 1.29 is 9.59 Å². The molecule has 2 rings (SSSR count). The second-order valence-corrected chi connectivity index (χ2v) is 6.10. The lowest BCUT2D eigenvalue weighted by atomic mass is 10.2. The highest BCUT2D eigenvalue weighted by Crippen LogP contribution is 2.20. The second-order valence-electron chi connectivity index (χ2n) is 4.19. The van der Waals surface area contributed by atoms with Gasteiger partial charge in [-0.3, -0.25) is 20.4 Å². The molecule has 0 atom stereocenters. The molecule has 2 aromatic rings. The van der Waals surface area contributed by atoms with Crippen LogP contribution in [0.5, 0.6) is 0 Å². The summed E-state index contributed by atoms with van der Waals surface area (Å²) in [5.74, 6) is -1.05. The quantitative estimate of drug-likeness (QED) is 0.655. The van der Waals surface area contributed by atoms with E-state index in [9.17, 15) is 9.59 Å². The summed E-state index contributed by atoms with van der Waals surface area (Å²) in [7, 11) is 0. The number of hydrogen-bond donors (Lipinski definition) is 2. The van der Waals surface area contributed by atoms with Crippen molar-refractivity contribution >= 4 is 52.4 Å². The minimum atomic E-state index is -0.557. The van der Waals surface area contributed by atoms with Crippen molar-refractivity contribution in [3.63, 3.8) is 0 Å². The van der Waals surface area contributed by atoms with Crippen molar-refractivity contribution in [3.05, 3.63) is 56.0 Å². The minimum Gasteiger partial charge on any atom is -0.268 e. The Balaban J connectivity index is 1.92. The maximum absolute atomic E-state index is 11.9. The Hall–Kier alpha value is -1.89. The summed E-state index contributed by atoms with van der Waals surface area (Å²) in [6, 6.07) is 4.49. The maximum Gasteiger partial charge on any atom is 0.271 e. The van der Waals surface area contributed by atoms with Gasteiger partial charge in [0.25, 0.3) is 11.8 Å². The van der Waals surface area contributed by atoms with E-state index in [-0.39, 0.29) is 10.6 Å². The zero-order chi connectivity index (χ0) is 16.1. The third-order valence-corrected chi connectivity index (χ3v) is 3.87. The number of rotatable bonds is 3. The molecular formula is C14H11Cl2N3O2S. The van der Waals surface area contributed by atoms with E-state index in [0.29, 0.717) is 10.7 Å². The average Bonchev–Trinajstić information content (AvgIpc) is 2.90. The number of benzene rings is 1. The van der Waals surface area contributed by atoms with Gasteiger partial charge in [-0.15, -0.1) is 11.3 Å². The monoisotopic (exact) mass is 355 g/mol. The molecule has 1 aromatic carbocycles. The third kappa shape index (κ3) is 4.56. The molecule has 8 heteroatoms. The lowest BCUT2D eigenvalue weighted by Gasteiger charge is -2.07. The van der Waals surface area contributed by atoms with E-state index in [0.717, 1.165) is 5.01 Å². The summed E-state index contributed by atoms with van der Waals surface area (Å²) in [5, 5.41) is 3.34. The molecular weight excluding hydrogens is 345 g/mol. The van der Waals surface area contributed by atoms with E-state index in [4.69, 9.17) is 23.2 Å². The molecule has 0 unspecified atom stereocenters. The van der Waals surface area contributed by atoms with Crippen LogP contribution in [-0.4, -0.2) is 16.8 Å². The average molecular weight is 356 g/mol. The smallest absolute Gasteiger partial charge is 0.268 e. The molecule has 1 heterocycles. The predicted molar refractivity (Wildman–Crippen MR) is 88.0 cm³/mol. The number of halogens is 2. The number of nitrogens with zero attached hydrogens (tertiary/aromatic N) is 1. The molecule has 0 saturated carbocycles. The van der Waals surface area contributed by atoms with Gasteiger partial charge in [0.05, 0.1) is 21.3 Å². The fourth-order valence-electron chi connectivity index (χ4n) is 1.52. The van der Waals surface area contributed by atoms with Gasteiger partial charge >= 0.3 is 0 Å². The molecule has 0 fully saturated rings. The third-order valence-electron chi connectivity index (χ3n) is 2.51. The van der Waals surface area contributed by atoms with Crippen molar-refractivity contribution in [1.82, 2.24) is 15.8 Å². The minimum absolute atomic E-state index is 0.175. The fraction of sp³-hybridized carbons (Fsp3) is 0.0714. The molecule has 1 aromatic heterocycles. The molecule has 0 aliphatic heterocycles. The summed E-state index contributed by atoms with van der Waals surface area (Å²) >= 11 is 13.2. The molecule has 22 heavy (non-hydrogen) atoms. The van der Waals surface area contributed by atoms with E-state index in [1.54, 1.807) is 12.1 Å². The van der Waals surface area contributed by atoms with Gasteiger partial charge in [0.1, 0.15) is 0 Å². The molecule has 2 N–H and O–H groups in total. The summed E-state index contributed by atoms with van der Waals surface area (Å²) < 4.78 is 0. The van der Waals surface area contributed by atoms with Gasteiger partial charge < -0.3 is 0 Å². The van der Waals surface area contributed by atoms with Crippen LogP contribution in [0.1, 0.15) is 21.1 Å². The van der Waals surface area contributed by atoms with Gasteiger partial charge in [-0.2, -0.15) is 0 Å². The van der Waals surface area contributed by atoms with Crippen LogP contribution in [0.2, 0.25) is 10.0 Å². The largest absolute Gasteiger partial charge is 0.271 e. The molecule has 0 aliphatic carbocycles. The number of hydrazine groups is 1. The Bertz CT molecular complexity index is 743. The Labute approximate surface area is 140 Å². The highest BCUT2D eigenvalue weighted by Gasteiger charge is 2.11. The molecule has 2 amide bonds. The van der Waals surface area contributed by atoms with Crippen molar-refractivity contribution in [3.8, 4) is 0 Å². The van der Waals surface area contributed by atoms with Crippen molar-refractivity contribution in [2.45, 2.75) is 6.92 Å². The number of thiazole rings is 1.